The maximum absolute atomic E-state index is 11.9. The van der Waals surface area contributed by atoms with E-state index in [9.17, 15) is 19.5 Å². The first-order valence-electron chi connectivity index (χ1n) is 5.60. The van der Waals surface area contributed by atoms with Gasteiger partial charge < -0.3 is 19.7 Å². The maximum Gasteiger partial charge on any atom is 0.337 e. The first-order chi connectivity index (χ1) is 9.40. The number of carbonyl (C=O) groups is 3. The number of ether oxygens (including phenoxy) is 2. The fourth-order valence-electron chi connectivity index (χ4n) is 1.55. The van der Waals surface area contributed by atoms with Crippen LogP contribution < -0.4 is 0 Å². The van der Waals surface area contributed by atoms with Crippen LogP contribution >= 0.6 is 0 Å². The van der Waals surface area contributed by atoms with E-state index in [1.807, 2.05) is 0 Å². The van der Waals surface area contributed by atoms with E-state index in [1.165, 1.54) is 19.2 Å². The first-order valence-corrected chi connectivity index (χ1v) is 5.60. The van der Waals surface area contributed by atoms with Crippen molar-refractivity contribution in [1.82, 2.24) is 0 Å². The fraction of sp³-hybridized carbons (Fsp3) is 0.308. The summed E-state index contributed by atoms with van der Waals surface area (Å²) in [6.45, 7) is 0. The van der Waals surface area contributed by atoms with Gasteiger partial charge in [0.05, 0.1) is 18.2 Å². The van der Waals surface area contributed by atoms with E-state index in [0.717, 1.165) is 13.2 Å². The molecule has 1 aromatic carbocycles. The van der Waals surface area contributed by atoms with Crippen LogP contribution in [0.2, 0.25) is 0 Å². The molecule has 20 heavy (non-hydrogen) atoms. The summed E-state index contributed by atoms with van der Waals surface area (Å²) in [7, 11) is 2.35. The van der Waals surface area contributed by atoms with E-state index >= 15 is 0 Å². The second-order valence-electron chi connectivity index (χ2n) is 3.91. The summed E-state index contributed by atoms with van der Waals surface area (Å²) >= 11 is 0. The molecule has 0 spiro atoms. The number of aromatic hydroxyl groups is 1. The van der Waals surface area contributed by atoms with E-state index in [2.05, 4.69) is 9.47 Å². The van der Waals surface area contributed by atoms with Gasteiger partial charge in [-0.15, -0.1) is 0 Å². The third kappa shape index (κ3) is 3.55. The molecule has 0 fully saturated rings. The Kier molecular flexibility index (Phi) is 5.22. The fourth-order valence-corrected chi connectivity index (χ4v) is 1.55. The number of Topliss-reactive ketones (excluding diaryl/α,β-unsaturated/α-hetero) is 1. The van der Waals surface area contributed by atoms with Crippen LogP contribution in [0.25, 0.3) is 0 Å². The molecule has 1 atom stereocenters. The van der Waals surface area contributed by atoms with Crippen LogP contribution in [0.1, 0.15) is 27.1 Å². The Hall–Kier alpha value is -2.41. The van der Waals surface area contributed by atoms with Crippen molar-refractivity contribution in [2.24, 2.45) is 0 Å². The quantitative estimate of drug-likeness (QED) is 0.587. The predicted molar refractivity (Wildman–Crippen MR) is 66.8 cm³/mol. The molecule has 7 nitrogen and oxygen atoms in total. The zero-order valence-corrected chi connectivity index (χ0v) is 11.0. The molecule has 0 saturated heterocycles. The van der Waals surface area contributed by atoms with Crippen LogP contribution in [-0.4, -0.2) is 48.3 Å². The zero-order chi connectivity index (χ0) is 15.3. The number of esters is 1. The molecule has 0 radical (unpaired) electrons. The number of aliphatic carboxylic acids is 1. The van der Waals surface area contributed by atoms with Gasteiger partial charge in [-0.2, -0.15) is 0 Å². The summed E-state index contributed by atoms with van der Waals surface area (Å²) in [6.07, 6.45) is -1.77. The molecule has 108 valence electrons. The highest BCUT2D eigenvalue weighted by Crippen LogP contribution is 2.21. The van der Waals surface area contributed by atoms with Gasteiger partial charge in [-0.25, -0.2) is 9.59 Å². The molecular weight excluding hydrogens is 268 g/mol. The third-order valence-corrected chi connectivity index (χ3v) is 2.65. The standard InChI is InChI=1S/C13H14O7/c1-19-11(12(16)17)6-10(15)8-5-7(13(18)20-2)3-4-9(8)14/h3-5,11,14H,6H2,1-2H3,(H,16,17). The van der Waals surface area contributed by atoms with Crippen LogP contribution in [0, 0.1) is 0 Å². The summed E-state index contributed by atoms with van der Waals surface area (Å²) < 4.78 is 9.15. The van der Waals surface area contributed by atoms with E-state index in [-0.39, 0.29) is 16.9 Å². The first kappa shape index (κ1) is 15.6. The van der Waals surface area contributed by atoms with Gasteiger partial charge in [0.2, 0.25) is 0 Å². The Morgan fingerprint density at radius 1 is 1.25 bits per heavy atom. The summed E-state index contributed by atoms with van der Waals surface area (Å²) in [6, 6.07) is 3.61. The number of carboxylic acids is 1. The van der Waals surface area contributed by atoms with Gasteiger partial charge in [0.25, 0.3) is 0 Å². The van der Waals surface area contributed by atoms with Crippen molar-refractivity contribution in [3.8, 4) is 5.75 Å². The second-order valence-corrected chi connectivity index (χ2v) is 3.91. The lowest BCUT2D eigenvalue weighted by molar-refractivity contribution is -0.148. The van der Waals surface area contributed by atoms with Gasteiger partial charge in [0.15, 0.2) is 11.9 Å². The molecular formula is C13H14O7. The summed E-state index contributed by atoms with van der Waals surface area (Å²) in [4.78, 5) is 34.1. The van der Waals surface area contributed by atoms with Crippen molar-refractivity contribution in [3.63, 3.8) is 0 Å². The van der Waals surface area contributed by atoms with E-state index in [4.69, 9.17) is 5.11 Å². The molecule has 0 saturated carbocycles. The second kappa shape index (κ2) is 6.67. The van der Waals surface area contributed by atoms with Crippen molar-refractivity contribution in [2.75, 3.05) is 14.2 Å². The number of benzene rings is 1. The Morgan fingerprint density at radius 3 is 2.40 bits per heavy atom. The molecule has 7 heteroatoms. The minimum absolute atomic E-state index is 0.0814. The number of carbonyl (C=O) groups excluding carboxylic acids is 2. The molecule has 2 N–H and O–H groups in total. The van der Waals surface area contributed by atoms with Gasteiger partial charge in [-0.3, -0.25) is 4.79 Å². The topological polar surface area (TPSA) is 110 Å². The number of phenols is 1. The van der Waals surface area contributed by atoms with Crippen molar-refractivity contribution in [2.45, 2.75) is 12.5 Å². The van der Waals surface area contributed by atoms with Crippen molar-refractivity contribution in [1.29, 1.82) is 0 Å². The molecule has 0 aliphatic heterocycles. The van der Waals surface area contributed by atoms with Gasteiger partial charge in [-0.1, -0.05) is 0 Å². The minimum atomic E-state index is -1.32. The number of rotatable bonds is 6. The zero-order valence-electron chi connectivity index (χ0n) is 11.0. The SMILES string of the molecule is COC(=O)c1ccc(O)c(C(=O)CC(OC)C(=O)O)c1. The van der Waals surface area contributed by atoms with E-state index < -0.39 is 30.2 Å². The molecule has 0 aliphatic carbocycles. The van der Waals surface area contributed by atoms with Crippen LogP contribution in [0.4, 0.5) is 0 Å². The Morgan fingerprint density at radius 2 is 1.90 bits per heavy atom. The summed E-state index contributed by atoms with van der Waals surface area (Å²) in [5.41, 5.74) is -0.0749. The largest absolute Gasteiger partial charge is 0.507 e. The van der Waals surface area contributed by atoms with Crippen molar-refractivity contribution >= 4 is 17.7 Å². The normalized spacial score (nSPS) is 11.7. The lowest BCUT2D eigenvalue weighted by atomic mass is 10.0. The van der Waals surface area contributed by atoms with E-state index in [0.29, 0.717) is 0 Å². The summed E-state index contributed by atoms with van der Waals surface area (Å²) in [5, 5.41) is 18.4. The Balaban J connectivity index is 3.03. The highest BCUT2D eigenvalue weighted by molar-refractivity contribution is 6.02. The Bertz CT molecular complexity index is 536. The van der Waals surface area contributed by atoms with Crippen LogP contribution in [0.3, 0.4) is 0 Å². The molecule has 1 rings (SSSR count). The third-order valence-electron chi connectivity index (χ3n) is 2.65. The number of hydrogen-bond acceptors (Lipinski definition) is 6. The average molecular weight is 282 g/mol. The van der Waals surface area contributed by atoms with Crippen molar-refractivity contribution < 1.29 is 34.1 Å². The minimum Gasteiger partial charge on any atom is -0.507 e. The lowest BCUT2D eigenvalue weighted by Crippen LogP contribution is -2.25. The molecule has 0 amide bonds. The van der Waals surface area contributed by atoms with Gasteiger partial charge in [-0.05, 0) is 18.2 Å². The Labute approximate surface area is 114 Å². The molecule has 1 aromatic rings. The van der Waals surface area contributed by atoms with Gasteiger partial charge in [0.1, 0.15) is 5.75 Å². The van der Waals surface area contributed by atoms with Crippen LogP contribution in [-0.2, 0) is 14.3 Å². The highest BCUT2D eigenvalue weighted by atomic mass is 16.5. The van der Waals surface area contributed by atoms with E-state index in [1.54, 1.807) is 0 Å². The number of phenolic OH excluding ortho intramolecular Hbond substituents is 1. The molecule has 0 heterocycles. The highest BCUT2D eigenvalue weighted by Gasteiger charge is 2.23. The maximum atomic E-state index is 11.9. The van der Waals surface area contributed by atoms with Gasteiger partial charge >= 0.3 is 11.9 Å². The molecule has 0 aliphatic rings. The lowest BCUT2D eigenvalue weighted by Gasteiger charge is -2.10. The monoisotopic (exact) mass is 282 g/mol. The average Bonchev–Trinajstić information content (AvgIpc) is 2.43. The predicted octanol–water partition coefficient (Wildman–Crippen LogP) is 0.851. The number of methoxy groups -OCH3 is 2. The number of carboxylic acid groups (broad SMARTS) is 1. The smallest absolute Gasteiger partial charge is 0.337 e. The summed E-state index contributed by atoms with van der Waals surface area (Å²) in [5.74, 6) is -2.95. The number of hydrogen-bond donors (Lipinski definition) is 2. The van der Waals surface area contributed by atoms with Crippen LogP contribution in [0.15, 0.2) is 18.2 Å². The number of ketones is 1. The molecule has 1 unspecified atom stereocenters. The van der Waals surface area contributed by atoms with Gasteiger partial charge in [0, 0.05) is 13.5 Å². The molecule has 0 aromatic heterocycles. The van der Waals surface area contributed by atoms with Crippen LogP contribution in [0.5, 0.6) is 5.75 Å². The molecule has 0 bridgehead atoms. The van der Waals surface area contributed by atoms with Crippen molar-refractivity contribution in [3.05, 3.63) is 29.3 Å².